The molecule has 4 nitrogen and oxygen atoms in total. The van der Waals surface area contributed by atoms with E-state index in [-0.39, 0.29) is 18.4 Å². The fraction of sp³-hybridized carbons (Fsp3) is 0.857. The minimum Gasteiger partial charge on any atom is -0.377 e. The van der Waals surface area contributed by atoms with Crippen LogP contribution in [0, 0.1) is 0 Å². The second-order valence-electron chi connectivity index (χ2n) is 2.64. The van der Waals surface area contributed by atoms with Gasteiger partial charge in [-0.3, -0.25) is 4.79 Å². The Balaban J connectivity index is 2.39. The zero-order valence-corrected chi connectivity index (χ0v) is 6.58. The quantitative estimate of drug-likeness (QED) is 0.592. The predicted octanol–water partition coefficient (Wildman–Crippen LogP) is -0.682. The number of ether oxygens (including phenoxy) is 2. The van der Waals surface area contributed by atoms with Gasteiger partial charge in [0.1, 0.15) is 12.7 Å². The molecule has 4 heteroatoms. The molecule has 2 atom stereocenters. The van der Waals surface area contributed by atoms with Gasteiger partial charge in [-0.1, -0.05) is 0 Å². The summed E-state index contributed by atoms with van der Waals surface area (Å²) in [5.74, 6) is -0.0579. The summed E-state index contributed by atoms with van der Waals surface area (Å²) in [6.45, 7) is 0.680. The lowest BCUT2D eigenvalue weighted by Gasteiger charge is -2.11. The summed E-state index contributed by atoms with van der Waals surface area (Å²) >= 11 is 0. The van der Waals surface area contributed by atoms with E-state index < -0.39 is 6.10 Å². The number of rotatable bonds is 3. The van der Waals surface area contributed by atoms with Crippen molar-refractivity contribution >= 4 is 5.78 Å². The van der Waals surface area contributed by atoms with Crippen molar-refractivity contribution in [2.45, 2.75) is 18.6 Å². The van der Waals surface area contributed by atoms with Crippen molar-refractivity contribution in [3.05, 3.63) is 0 Å². The molecule has 0 spiro atoms. The molecule has 1 rings (SSSR count). The highest BCUT2D eigenvalue weighted by Crippen LogP contribution is 2.11. The van der Waals surface area contributed by atoms with Crippen molar-refractivity contribution in [2.75, 3.05) is 20.3 Å². The Morgan fingerprint density at radius 2 is 2.55 bits per heavy atom. The zero-order valence-electron chi connectivity index (χ0n) is 6.58. The smallest absolute Gasteiger partial charge is 0.188 e. The fourth-order valence-electron chi connectivity index (χ4n) is 1.16. The maximum atomic E-state index is 11.1. The van der Waals surface area contributed by atoms with Crippen LogP contribution in [-0.4, -0.2) is 38.3 Å². The first kappa shape index (κ1) is 8.64. The average Bonchev–Trinajstić information content (AvgIpc) is 2.36. The highest BCUT2D eigenvalue weighted by Gasteiger charge is 2.30. The number of methoxy groups -OCH3 is 1. The van der Waals surface area contributed by atoms with Crippen molar-refractivity contribution < 1.29 is 14.3 Å². The molecule has 0 unspecified atom stereocenters. The minimum absolute atomic E-state index is 0.0579. The van der Waals surface area contributed by atoms with Crippen LogP contribution in [0.3, 0.4) is 0 Å². The van der Waals surface area contributed by atoms with E-state index in [9.17, 15) is 4.79 Å². The molecule has 64 valence electrons. The van der Waals surface area contributed by atoms with Gasteiger partial charge >= 0.3 is 0 Å². The van der Waals surface area contributed by atoms with Gasteiger partial charge in [0.25, 0.3) is 0 Å². The summed E-state index contributed by atoms with van der Waals surface area (Å²) in [6, 6.07) is -0.141. The molecule has 1 aliphatic rings. The average molecular weight is 159 g/mol. The highest BCUT2D eigenvalue weighted by molar-refractivity contribution is 5.85. The minimum atomic E-state index is -0.435. The van der Waals surface area contributed by atoms with Crippen molar-refractivity contribution in [3.8, 4) is 0 Å². The van der Waals surface area contributed by atoms with Gasteiger partial charge in [0, 0.05) is 19.8 Å². The predicted molar refractivity (Wildman–Crippen MR) is 39.2 cm³/mol. The first-order valence-corrected chi connectivity index (χ1v) is 3.64. The molecule has 0 saturated carbocycles. The number of hydrogen-bond donors (Lipinski definition) is 1. The lowest BCUT2D eigenvalue weighted by atomic mass is 10.1. The van der Waals surface area contributed by atoms with Crippen LogP contribution in [0.2, 0.25) is 0 Å². The van der Waals surface area contributed by atoms with Gasteiger partial charge in [0.2, 0.25) is 0 Å². The second-order valence-corrected chi connectivity index (χ2v) is 2.64. The van der Waals surface area contributed by atoms with Crippen LogP contribution in [0.1, 0.15) is 6.42 Å². The van der Waals surface area contributed by atoms with Crippen LogP contribution in [-0.2, 0) is 14.3 Å². The van der Waals surface area contributed by atoms with E-state index in [1.807, 2.05) is 0 Å². The van der Waals surface area contributed by atoms with Crippen molar-refractivity contribution in [1.29, 1.82) is 0 Å². The molecule has 0 radical (unpaired) electrons. The Bertz CT molecular complexity index is 149. The van der Waals surface area contributed by atoms with E-state index in [0.717, 1.165) is 6.42 Å². The summed E-state index contributed by atoms with van der Waals surface area (Å²) in [5.41, 5.74) is 5.61. The monoisotopic (exact) mass is 159 g/mol. The third kappa shape index (κ3) is 1.99. The van der Waals surface area contributed by atoms with Gasteiger partial charge in [-0.2, -0.15) is 0 Å². The molecule has 1 saturated heterocycles. The first-order valence-electron chi connectivity index (χ1n) is 3.64. The molecule has 0 bridgehead atoms. The topological polar surface area (TPSA) is 61.5 Å². The molecule has 0 aromatic heterocycles. The van der Waals surface area contributed by atoms with E-state index in [0.29, 0.717) is 6.61 Å². The second kappa shape index (κ2) is 3.80. The largest absolute Gasteiger partial charge is 0.377 e. The third-order valence-corrected chi connectivity index (χ3v) is 1.74. The molecule has 2 N–H and O–H groups in total. The normalized spacial score (nSPS) is 30.7. The Morgan fingerprint density at radius 1 is 1.82 bits per heavy atom. The molecule has 11 heavy (non-hydrogen) atoms. The molecule has 0 aromatic carbocycles. The summed E-state index contributed by atoms with van der Waals surface area (Å²) in [4.78, 5) is 11.1. The maximum absolute atomic E-state index is 11.1. The number of ketones is 1. The maximum Gasteiger partial charge on any atom is 0.188 e. The molecular formula is C7H13NO3. The summed E-state index contributed by atoms with van der Waals surface area (Å²) in [7, 11) is 1.48. The first-order chi connectivity index (χ1) is 5.25. The zero-order chi connectivity index (χ0) is 8.27. The molecule has 1 heterocycles. The van der Waals surface area contributed by atoms with Crippen LogP contribution in [0.5, 0.6) is 0 Å². The number of Topliss-reactive ketones (excluding diaryl/α,β-unsaturated/α-hetero) is 1. The van der Waals surface area contributed by atoms with Gasteiger partial charge in [-0.25, -0.2) is 0 Å². The van der Waals surface area contributed by atoms with Crippen molar-refractivity contribution in [3.63, 3.8) is 0 Å². The Hall–Kier alpha value is -0.450. The summed E-state index contributed by atoms with van der Waals surface area (Å²) in [6.07, 6.45) is 0.329. The molecule has 1 fully saturated rings. The van der Waals surface area contributed by atoms with E-state index in [4.69, 9.17) is 10.5 Å². The Kier molecular flexibility index (Phi) is 2.99. The lowest BCUT2D eigenvalue weighted by Crippen LogP contribution is -2.38. The van der Waals surface area contributed by atoms with Gasteiger partial charge in [0.15, 0.2) is 5.78 Å². The van der Waals surface area contributed by atoms with Gasteiger partial charge in [-0.15, -0.1) is 0 Å². The van der Waals surface area contributed by atoms with Crippen LogP contribution < -0.4 is 5.73 Å². The molecule has 0 aromatic rings. The third-order valence-electron chi connectivity index (χ3n) is 1.74. The standard InChI is InChI=1S/C7H13NO3/c1-10-4-6(9)7-5(8)2-3-11-7/h5,7H,2-4,8H2,1H3/t5-,7+/m0/s1. The Labute approximate surface area is 65.7 Å². The Morgan fingerprint density at radius 3 is 3.00 bits per heavy atom. The molecule has 1 aliphatic heterocycles. The molecule has 0 aliphatic carbocycles. The number of carbonyl (C=O) groups excluding carboxylic acids is 1. The number of hydrogen-bond acceptors (Lipinski definition) is 4. The van der Waals surface area contributed by atoms with E-state index in [2.05, 4.69) is 4.74 Å². The fourth-order valence-corrected chi connectivity index (χ4v) is 1.16. The van der Waals surface area contributed by atoms with Crippen molar-refractivity contribution in [1.82, 2.24) is 0 Å². The van der Waals surface area contributed by atoms with E-state index in [1.165, 1.54) is 7.11 Å². The number of carbonyl (C=O) groups is 1. The summed E-state index contributed by atoms with van der Waals surface area (Å²) in [5, 5.41) is 0. The molecular weight excluding hydrogens is 146 g/mol. The van der Waals surface area contributed by atoms with Crippen LogP contribution in [0.25, 0.3) is 0 Å². The van der Waals surface area contributed by atoms with Crippen LogP contribution in [0.4, 0.5) is 0 Å². The van der Waals surface area contributed by atoms with E-state index in [1.54, 1.807) is 0 Å². The van der Waals surface area contributed by atoms with Gasteiger partial charge < -0.3 is 15.2 Å². The lowest BCUT2D eigenvalue weighted by molar-refractivity contribution is -0.132. The van der Waals surface area contributed by atoms with Crippen molar-refractivity contribution in [2.24, 2.45) is 5.73 Å². The van der Waals surface area contributed by atoms with Gasteiger partial charge in [0.05, 0.1) is 0 Å². The van der Waals surface area contributed by atoms with Crippen LogP contribution >= 0.6 is 0 Å². The number of nitrogens with two attached hydrogens (primary N) is 1. The van der Waals surface area contributed by atoms with E-state index >= 15 is 0 Å². The van der Waals surface area contributed by atoms with Crippen LogP contribution in [0.15, 0.2) is 0 Å². The highest BCUT2D eigenvalue weighted by atomic mass is 16.5. The summed E-state index contributed by atoms with van der Waals surface area (Å²) < 4.78 is 9.80. The SMILES string of the molecule is COCC(=O)[C@@H]1OCC[C@@H]1N. The van der Waals surface area contributed by atoms with Gasteiger partial charge in [-0.05, 0) is 6.42 Å². The molecule has 0 amide bonds.